The van der Waals surface area contributed by atoms with Gasteiger partial charge in [-0.15, -0.1) is 4.67 Å². The Bertz CT molecular complexity index is 649. The number of rotatable bonds is 7. The number of hydrogen-bond donors (Lipinski definition) is 1. The van der Waals surface area contributed by atoms with Gasteiger partial charge in [-0.3, -0.25) is 4.57 Å². The topological polar surface area (TPSA) is 55.8 Å². The van der Waals surface area contributed by atoms with Gasteiger partial charge in [-0.05, 0) is 23.6 Å². The van der Waals surface area contributed by atoms with Crippen LogP contribution in [0.15, 0.2) is 48.5 Å². The Morgan fingerprint density at radius 1 is 1.09 bits per heavy atom. The Kier molecular flexibility index (Phi) is 5.78. The lowest BCUT2D eigenvalue weighted by Gasteiger charge is -2.15. The molecule has 0 saturated heterocycles. The van der Waals surface area contributed by atoms with Gasteiger partial charge in [0.15, 0.2) is 5.75 Å². The van der Waals surface area contributed by atoms with Crippen LogP contribution in [0.3, 0.4) is 0 Å². The molecule has 0 amide bonds. The fourth-order valence-electron chi connectivity index (χ4n) is 2.30. The van der Waals surface area contributed by atoms with E-state index in [9.17, 15) is 9.46 Å². The van der Waals surface area contributed by atoms with Crippen LogP contribution in [0, 0.1) is 0 Å². The van der Waals surface area contributed by atoms with Gasteiger partial charge in [-0.25, -0.2) is 0 Å². The van der Waals surface area contributed by atoms with Crippen LogP contribution in [0.1, 0.15) is 30.0 Å². The van der Waals surface area contributed by atoms with Crippen molar-refractivity contribution in [2.45, 2.75) is 26.2 Å². The highest BCUT2D eigenvalue weighted by atomic mass is 31.2. The van der Waals surface area contributed by atoms with Crippen LogP contribution >= 0.6 is 7.60 Å². The van der Waals surface area contributed by atoms with Crippen LogP contribution in [0.5, 0.6) is 5.75 Å². The van der Waals surface area contributed by atoms with E-state index >= 15 is 0 Å². The molecule has 4 nitrogen and oxygen atoms in total. The van der Waals surface area contributed by atoms with Crippen LogP contribution in [0.2, 0.25) is 0 Å². The summed E-state index contributed by atoms with van der Waals surface area (Å²) < 4.78 is 15.9. The smallest absolute Gasteiger partial charge is 0.329 e. The van der Waals surface area contributed by atoms with Crippen molar-refractivity contribution in [1.29, 1.82) is 0 Å². The second-order valence-corrected chi connectivity index (χ2v) is 7.02. The lowest BCUT2D eigenvalue weighted by atomic mass is 9.96. The van der Waals surface area contributed by atoms with Crippen molar-refractivity contribution in [3.63, 3.8) is 0 Å². The fraction of sp³-hybridized carbons (Fsp3) is 0.294. The minimum Gasteiger partial charge on any atom is -0.329 e. The molecule has 2 aromatic carbocycles. The van der Waals surface area contributed by atoms with E-state index in [0.717, 1.165) is 36.2 Å². The normalized spacial score (nSPS) is 13.6. The van der Waals surface area contributed by atoms with Gasteiger partial charge in [0.25, 0.3) is 0 Å². The molecule has 1 unspecified atom stereocenters. The molecule has 0 spiro atoms. The van der Waals surface area contributed by atoms with E-state index in [4.69, 9.17) is 4.89 Å². The van der Waals surface area contributed by atoms with Crippen molar-refractivity contribution in [2.24, 2.45) is 0 Å². The predicted octanol–water partition coefficient (Wildman–Crippen LogP) is 4.36. The Balaban J connectivity index is 2.31. The first-order valence-corrected chi connectivity index (χ1v) is 9.33. The van der Waals surface area contributed by atoms with Crippen molar-refractivity contribution in [2.75, 3.05) is 6.66 Å². The molecule has 22 heavy (non-hydrogen) atoms. The van der Waals surface area contributed by atoms with Crippen LogP contribution < -0.4 is 4.89 Å². The van der Waals surface area contributed by atoms with Gasteiger partial charge < -0.3 is 9.78 Å². The van der Waals surface area contributed by atoms with E-state index in [1.165, 1.54) is 0 Å². The molecule has 5 heteroatoms. The summed E-state index contributed by atoms with van der Waals surface area (Å²) in [7, 11) is -3.69. The van der Waals surface area contributed by atoms with Gasteiger partial charge in [0.2, 0.25) is 0 Å². The number of hydrogen-bond acceptors (Lipinski definition) is 3. The standard InChI is InChI=1S/C17H21O4P/c1-3-8-15-11-7-12-17(20-21-22(2,18)19)16(15)13-14-9-5-4-6-10-14/h4-7,9-12H,3,8,13H2,1-2H3,(H,18,19). The van der Waals surface area contributed by atoms with E-state index in [2.05, 4.69) is 17.7 Å². The maximum Gasteiger partial charge on any atom is 0.363 e. The zero-order chi connectivity index (χ0) is 16.0. The van der Waals surface area contributed by atoms with E-state index in [0.29, 0.717) is 12.2 Å². The third-order valence-electron chi connectivity index (χ3n) is 3.24. The molecule has 0 aliphatic heterocycles. The Hall–Kier alpha value is -1.61. The van der Waals surface area contributed by atoms with E-state index in [-0.39, 0.29) is 0 Å². The molecular formula is C17H21O4P. The molecule has 118 valence electrons. The van der Waals surface area contributed by atoms with Gasteiger partial charge in [0.1, 0.15) is 0 Å². The zero-order valence-corrected chi connectivity index (χ0v) is 13.8. The van der Waals surface area contributed by atoms with Crippen molar-refractivity contribution in [1.82, 2.24) is 0 Å². The number of aryl methyl sites for hydroxylation is 1. The molecule has 2 aromatic rings. The minimum absolute atomic E-state index is 0.492. The molecule has 2 rings (SSSR count). The molecule has 0 aliphatic rings. The molecule has 0 aromatic heterocycles. The summed E-state index contributed by atoms with van der Waals surface area (Å²) in [5.41, 5.74) is 3.31. The van der Waals surface area contributed by atoms with Crippen LogP contribution in [0.4, 0.5) is 0 Å². The summed E-state index contributed by atoms with van der Waals surface area (Å²) in [5, 5.41) is 0. The summed E-state index contributed by atoms with van der Waals surface area (Å²) in [6.45, 7) is 3.21. The van der Waals surface area contributed by atoms with Gasteiger partial charge in [0.05, 0.1) is 0 Å². The average Bonchev–Trinajstić information content (AvgIpc) is 2.48. The molecule has 0 bridgehead atoms. The minimum atomic E-state index is -3.69. The van der Waals surface area contributed by atoms with Crippen molar-refractivity contribution < 1.29 is 19.0 Å². The highest BCUT2D eigenvalue weighted by Crippen LogP contribution is 2.38. The molecule has 0 fully saturated rings. The Morgan fingerprint density at radius 3 is 2.45 bits per heavy atom. The first-order chi connectivity index (χ1) is 10.5. The SMILES string of the molecule is CCCc1cccc(OOP(C)(=O)O)c1Cc1ccccc1. The second kappa shape index (κ2) is 7.59. The van der Waals surface area contributed by atoms with Gasteiger partial charge in [0, 0.05) is 18.6 Å². The highest BCUT2D eigenvalue weighted by molar-refractivity contribution is 7.51. The summed E-state index contributed by atoms with van der Waals surface area (Å²) in [6, 6.07) is 15.7. The van der Waals surface area contributed by atoms with Crippen LogP contribution in [-0.4, -0.2) is 11.6 Å². The lowest BCUT2D eigenvalue weighted by molar-refractivity contribution is -0.108. The van der Waals surface area contributed by atoms with Gasteiger partial charge >= 0.3 is 7.60 Å². The van der Waals surface area contributed by atoms with Crippen LogP contribution in [0.25, 0.3) is 0 Å². The van der Waals surface area contributed by atoms with E-state index in [1.54, 1.807) is 6.07 Å². The van der Waals surface area contributed by atoms with Gasteiger partial charge in [-0.2, -0.15) is 0 Å². The molecule has 0 radical (unpaired) electrons. The average molecular weight is 320 g/mol. The number of benzene rings is 2. The first-order valence-electron chi connectivity index (χ1n) is 7.31. The monoisotopic (exact) mass is 320 g/mol. The zero-order valence-electron chi connectivity index (χ0n) is 12.9. The van der Waals surface area contributed by atoms with Crippen molar-refractivity contribution in [3.8, 4) is 5.75 Å². The molecular weight excluding hydrogens is 299 g/mol. The molecule has 0 heterocycles. The second-order valence-electron chi connectivity index (χ2n) is 5.27. The van der Waals surface area contributed by atoms with E-state index in [1.807, 2.05) is 36.4 Å². The first kappa shape index (κ1) is 16.8. The summed E-state index contributed by atoms with van der Waals surface area (Å²) >= 11 is 0. The molecule has 0 saturated carbocycles. The maximum atomic E-state index is 11.3. The summed E-state index contributed by atoms with van der Waals surface area (Å²) in [4.78, 5) is 14.4. The molecule has 0 aliphatic carbocycles. The molecule has 1 atom stereocenters. The van der Waals surface area contributed by atoms with Crippen molar-refractivity contribution in [3.05, 3.63) is 65.2 Å². The Morgan fingerprint density at radius 2 is 1.82 bits per heavy atom. The maximum absolute atomic E-state index is 11.3. The molecule has 1 N–H and O–H groups in total. The van der Waals surface area contributed by atoms with Crippen LogP contribution in [-0.2, 0) is 22.1 Å². The van der Waals surface area contributed by atoms with Gasteiger partial charge in [-0.1, -0.05) is 55.8 Å². The van der Waals surface area contributed by atoms with E-state index < -0.39 is 7.60 Å². The Labute approximate surface area is 131 Å². The fourth-order valence-corrected chi connectivity index (χ4v) is 2.52. The highest BCUT2D eigenvalue weighted by Gasteiger charge is 2.16. The third kappa shape index (κ3) is 4.99. The van der Waals surface area contributed by atoms with Crippen molar-refractivity contribution >= 4 is 7.60 Å². The lowest BCUT2D eigenvalue weighted by Crippen LogP contribution is -2.02. The summed E-state index contributed by atoms with van der Waals surface area (Å²) in [6.07, 6.45) is 2.62. The summed E-state index contributed by atoms with van der Waals surface area (Å²) in [5.74, 6) is 0.492. The third-order valence-corrected chi connectivity index (χ3v) is 3.59. The largest absolute Gasteiger partial charge is 0.363 e. The predicted molar refractivity (Wildman–Crippen MR) is 87.1 cm³/mol. The quantitative estimate of drug-likeness (QED) is 0.468.